The van der Waals surface area contributed by atoms with Crippen LogP contribution in [0.1, 0.15) is 18.5 Å². The first-order chi connectivity index (χ1) is 9.63. The molecule has 1 aromatic carbocycles. The van der Waals surface area contributed by atoms with Gasteiger partial charge in [0.2, 0.25) is 5.91 Å². The highest BCUT2D eigenvalue weighted by molar-refractivity contribution is 5.81. The van der Waals surface area contributed by atoms with Gasteiger partial charge in [-0.3, -0.25) is 9.69 Å². The summed E-state index contributed by atoms with van der Waals surface area (Å²) in [5, 5.41) is 0. The SMILES string of the molecule is CCOC(=O)N1C[C@@H](C(N)=O)[C@@H]2Oc3ccccc3[C@@H]21. The van der Waals surface area contributed by atoms with Gasteiger partial charge in [0.25, 0.3) is 0 Å². The molecule has 2 N–H and O–H groups in total. The molecule has 0 aromatic heterocycles. The smallest absolute Gasteiger partial charge is 0.410 e. The molecule has 1 fully saturated rings. The summed E-state index contributed by atoms with van der Waals surface area (Å²) in [5.41, 5.74) is 6.32. The molecule has 3 rings (SSSR count). The number of nitrogens with zero attached hydrogens (tertiary/aromatic N) is 1. The summed E-state index contributed by atoms with van der Waals surface area (Å²) >= 11 is 0. The summed E-state index contributed by atoms with van der Waals surface area (Å²) in [6.45, 7) is 2.27. The van der Waals surface area contributed by atoms with E-state index in [4.69, 9.17) is 15.2 Å². The molecule has 2 aliphatic rings. The Kier molecular flexibility index (Phi) is 3.00. The number of carbonyl (C=O) groups is 2. The molecule has 2 amide bonds. The van der Waals surface area contributed by atoms with Crippen LogP contribution in [0.5, 0.6) is 5.75 Å². The molecule has 1 aromatic rings. The molecule has 0 aliphatic carbocycles. The predicted octanol–water partition coefficient (Wildman–Crippen LogP) is 1.06. The fourth-order valence-electron chi connectivity index (χ4n) is 2.94. The van der Waals surface area contributed by atoms with Gasteiger partial charge in [-0.15, -0.1) is 0 Å². The quantitative estimate of drug-likeness (QED) is 0.875. The number of para-hydroxylation sites is 1. The summed E-state index contributed by atoms with van der Waals surface area (Å²) in [7, 11) is 0. The number of amides is 2. The summed E-state index contributed by atoms with van der Waals surface area (Å²) in [5.74, 6) is -0.279. The van der Waals surface area contributed by atoms with Crippen molar-refractivity contribution in [2.24, 2.45) is 11.7 Å². The third-order valence-corrected chi connectivity index (χ3v) is 3.81. The number of carbonyl (C=O) groups excluding carboxylic acids is 2. The van der Waals surface area contributed by atoms with E-state index >= 15 is 0 Å². The second kappa shape index (κ2) is 4.70. The van der Waals surface area contributed by atoms with Crippen molar-refractivity contribution in [2.45, 2.75) is 19.1 Å². The van der Waals surface area contributed by atoms with Gasteiger partial charge >= 0.3 is 6.09 Å². The van der Waals surface area contributed by atoms with E-state index < -0.39 is 24.0 Å². The van der Waals surface area contributed by atoms with Crippen LogP contribution in [-0.2, 0) is 9.53 Å². The molecule has 6 heteroatoms. The molecule has 1 saturated heterocycles. The number of benzene rings is 1. The van der Waals surface area contributed by atoms with Gasteiger partial charge in [-0.05, 0) is 13.0 Å². The van der Waals surface area contributed by atoms with E-state index in [0.29, 0.717) is 5.75 Å². The molecule has 0 unspecified atom stereocenters. The Morgan fingerprint density at radius 1 is 1.45 bits per heavy atom. The normalized spacial score (nSPS) is 26.6. The minimum atomic E-state index is -0.517. The number of fused-ring (bicyclic) bond motifs is 3. The van der Waals surface area contributed by atoms with E-state index in [2.05, 4.69) is 0 Å². The van der Waals surface area contributed by atoms with Gasteiger partial charge in [-0.2, -0.15) is 0 Å². The van der Waals surface area contributed by atoms with Gasteiger partial charge in [-0.1, -0.05) is 18.2 Å². The monoisotopic (exact) mass is 276 g/mol. The van der Waals surface area contributed by atoms with Crippen LogP contribution in [0.2, 0.25) is 0 Å². The van der Waals surface area contributed by atoms with E-state index in [0.717, 1.165) is 5.56 Å². The van der Waals surface area contributed by atoms with Gasteiger partial charge in [-0.25, -0.2) is 4.79 Å². The minimum Gasteiger partial charge on any atom is -0.487 e. The second-order valence-corrected chi connectivity index (χ2v) is 4.93. The highest BCUT2D eigenvalue weighted by atomic mass is 16.6. The van der Waals surface area contributed by atoms with Crippen molar-refractivity contribution in [1.82, 2.24) is 4.90 Å². The van der Waals surface area contributed by atoms with Gasteiger partial charge < -0.3 is 15.2 Å². The Labute approximate surface area is 116 Å². The molecule has 0 saturated carbocycles. The molecular weight excluding hydrogens is 260 g/mol. The lowest BCUT2D eigenvalue weighted by Crippen LogP contribution is -2.34. The van der Waals surface area contributed by atoms with Gasteiger partial charge in [0.1, 0.15) is 17.9 Å². The molecule has 106 valence electrons. The minimum absolute atomic E-state index is 0.234. The number of hydrogen-bond acceptors (Lipinski definition) is 4. The standard InChI is InChI=1S/C14H16N2O4/c1-2-19-14(18)16-7-9(13(15)17)12-11(16)8-5-3-4-6-10(8)20-12/h3-6,9,11-12H,2,7H2,1H3,(H2,15,17)/t9-,11+,12+/m1/s1. The second-order valence-electron chi connectivity index (χ2n) is 4.93. The molecule has 20 heavy (non-hydrogen) atoms. The van der Waals surface area contributed by atoms with Crippen LogP contribution in [0.4, 0.5) is 4.79 Å². The number of nitrogens with two attached hydrogens (primary N) is 1. The van der Waals surface area contributed by atoms with Crippen LogP contribution < -0.4 is 10.5 Å². The zero-order valence-electron chi connectivity index (χ0n) is 11.1. The largest absolute Gasteiger partial charge is 0.487 e. The summed E-state index contributed by atoms with van der Waals surface area (Å²) in [6.07, 6.45) is -0.860. The van der Waals surface area contributed by atoms with E-state index in [1.54, 1.807) is 6.92 Å². The van der Waals surface area contributed by atoms with Crippen molar-refractivity contribution in [3.63, 3.8) is 0 Å². The van der Waals surface area contributed by atoms with Crippen LogP contribution in [0.25, 0.3) is 0 Å². The van der Waals surface area contributed by atoms with Crippen molar-refractivity contribution >= 4 is 12.0 Å². The average molecular weight is 276 g/mol. The number of ether oxygens (including phenoxy) is 2. The zero-order chi connectivity index (χ0) is 14.3. The van der Waals surface area contributed by atoms with Gasteiger partial charge in [0, 0.05) is 12.1 Å². The van der Waals surface area contributed by atoms with E-state index in [1.165, 1.54) is 4.90 Å². The first-order valence-electron chi connectivity index (χ1n) is 6.61. The fraction of sp³-hybridized carbons (Fsp3) is 0.429. The number of likely N-dealkylation sites (tertiary alicyclic amines) is 1. The molecule has 2 aliphatic heterocycles. The summed E-state index contributed by atoms with van der Waals surface area (Å²) < 4.78 is 10.9. The van der Waals surface area contributed by atoms with Crippen molar-refractivity contribution < 1.29 is 19.1 Å². The zero-order valence-corrected chi connectivity index (χ0v) is 11.1. The maximum atomic E-state index is 12.1. The summed E-state index contributed by atoms with van der Waals surface area (Å²) in [4.78, 5) is 25.2. The maximum Gasteiger partial charge on any atom is 0.410 e. The van der Waals surface area contributed by atoms with Crippen molar-refractivity contribution in [3.05, 3.63) is 29.8 Å². The highest BCUT2D eigenvalue weighted by Gasteiger charge is 2.53. The molecule has 2 heterocycles. The fourth-order valence-corrected chi connectivity index (χ4v) is 2.94. The van der Waals surface area contributed by atoms with Crippen LogP contribution >= 0.6 is 0 Å². The van der Waals surface area contributed by atoms with Crippen LogP contribution in [0.3, 0.4) is 0 Å². The van der Waals surface area contributed by atoms with Crippen molar-refractivity contribution in [1.29, 1.82) is 0 Å². The summed E-state index contributed by atoms with van der Waals surface area (Å²) in [6, 6.07) is 7.16. The topological polar surface area (TPSA) is 81.9 Å². The van der Waals surface area contributed by atoms with E-state index in [1.807, 2.05) is 24.3 Å². The number of primary amides is 1. The van der Waals surface area contributed by atoms with Gasteiger partial charge in [0.15, 0.2) is 0 Å². The third-order valence-electron chi connectivity index (χ3n) is 3.81. The van der Waals surface area contributed by atoms with Crippen molar-refractivity contribution in [2.75, 3.05) is 13.2 Å². The Morgan fingerprint density at radius 2 is 2.20 bits per heavy atom. The van der Waals surface area contributed by atoms with Crippen LogP contribution in [0.15, 0.2) is 24.3 Å². The van der Waals surface area contributed by atoms with Crippen LogP contribution in [0, 0.1) is 5.92 Å². The average Bonchev–Trinajstić information content (AvgIpc) is 2.95. The predicted molar refractivity (Wildman–Crippen MR) is 70.0 cm³/mol. The lowest BCUT2D eigenvalue weighted by atomic mass is 9.98. The number of rotatable bonds is 2. The van der Waals surface area contributed by atoms with Crippen molar-refractivity contribution in [3.8, 4) is 5.75 Å². The molecule has 3 atom stereocenters. The van der Waals surface area contributed by atoms with Gasteiger partial charge in [0.05, 0.1) is 12.5 Å². The number of hydrogen-bond donors (Lipinski definition) is 1. The van der Waals surface area contributed by atoms with Crippen LogP contribution in [-0.4, -0.2) is 36.2 Å². The first-order valence-corrected chi connectivity index (χ1v) is 6.61. The Balaban J connectivity index is 1.97. The molecule has 6 nitrogen and oxygen atoms in total. The van der Waals surface area contributed by atoms with E-state index in [-0.39, 0.29) is 19.2 Å². The molecule has 0 bridgehead atoms. The lowest BCUT2D eigenvalue weighted by Gasteiger charge is -2.21. The Morgan fingerprint density at radius 3 is 2.90 bits per heavy atom. The highest BCUT2D eigenvalue weighted by Crippen LogP contribution is 2.47. The first kappa shape index (κ1) is 12.8. The Hall–Kier alpha value is -2.24. The lowest BCUT2D eigenvalue weighted by molar-refractivity contribution is -0.123. The molecule has 0 radical (unpaired) electrons. The molecular formula is C14H16N2O4. The Bertz CT molecular complexity index is 560. The molecule has 0 spiro atoms. The third kappa shape index (κ3) is 1.79. The van der Waals surface area contributed by atoms with E-state index in [9.17, 15) is 9.59 Å². The maximum absolute atomic E-state index is 12.1.